The minimum Gasteiger partial charge on any atom is -0.352 e. The third-order valence-corrected chi connectivity index (χ3v) is 4.10. The fourth-order valence-electron chi connectivity index (χ4n) is 2.05. The molecule has 5 heteroatoms. The van der Waals surface area contributed by atoms with Gasteiger partial charge in [-0.1, -0.05) is 30.0 Å². The van der Waals surface area contributed by atoms with Crippen molar-refractivity contribution in [3.8, 4) is 6.07 Å². The first-order valence-electron chi connectivity index (χ1n) is 6.32. The standard InChI is InChI=1S/C16H11N3OS/c17-10-4-9-15(20)18-12-6-3-8-14-16(12)19-11-5-1-2-7-13(11)21-14/h1-9,19H,(H,18,20). The number of carbonyl (C=O) groups excluding carboxylic acids is 1. The molecule has 0 aliphatic carbocycles. The Kier molecular flexibility index (Phi) is 3.63. The molecule has 0 bridgehead atoms. The number of benzene rings is 2. The molecule has 4 nitrogen and oxygen atoms in total. The Morgan fingerprint density at radius 1 is 1.19 bits per heavy atom. The van der Waals surface area contributed by atoms with E-state index in [1.165, 1.54) is 6.08 Å². The Bertz CT molecular complexity index is 777. The van der Waals surface area contributed by atoms with Crippen LogP contribution in [-0.2, 0) is 4.79 Å². The maximum Gasteiger partial charge on any atom is 0.249 e. The van der Waals surface area contributed by atoms with Gasteiger partial charge in [-0.25, -0.2) is 0 Å². The molecule has 0 spiro atoms. The number of anilines is 3. The second kappa shape index (κ2) is 5.73. The van der Waals surface area contributed by atoms with Crippen LogP contribution in [-0.4, -0.2) is 5.91 Å². The molecule has 102 valence electrons. The zero-order valence-electron chi connectivity index (χ0n) is 11.0. The highest BCUT2D eigenvalue weighted by Gasteiger charge is 2.18. The van der Waals surface area contributed by atoms with Crippen LogP contribution >= 0.6 is 11.8 Å². The summed E-state index contributed by atoms with van der Waals surface area (Å²) in [5.41, 5.74) is 2.59. The van der Waals surface area contributed by atoms with Crippen LogP contribution in [0.2, 0.25) is 0 Å². The topological polar surface area (TPSA) is 64.9 Å². The van der Waals surface area contributed by atoms with Gasteiger partial charge in [-0.05, 0) is 24.3 Å². The van der Waals surface area contributed by atoms with Crippen LogP contribution in [0.4, 0.5) is 17.1 Å². The molecule has 1 amide bonds. The van der Waals surface area contributed by atoms with Gasteiger partial charge < -0.3 is 10.6 Å². The van der Waals surface area contributed by atoms with E-state index in [2.05, 4.69) is 16.7 Å². The number of rotatable bonds is 2. The predicted octanol–water partition coefficient (Wildman–Crippen LogP) is 3.91. The van der Waals surface area contributed by atoms with E-state index in [0.717, 1.165) is 27.2 Å². The van der Waals surface area contributed by atoms with Crippen LogP contribution in [0.1, 0.15) is 0 Å². The van der Waals surface area contributed by atoms with Crippen molar-refractivity contribution < 1.29 is 4.79 Å². The summed E-state index contributed by atoms with van der Waals surface area (Å²) in [4.78, 5) is 13.9. The maximum absolute atomic E-state index is 11.7. The number of hydrogen-bond donors (Lipinski definition) is 2. The van der Waals surface area contributed by atoms with Crippen molar-refractivity contribution in [2.75, 3.05) is 10.6 Å². The monoisotopic (exact) mass is 293 g/mol. The second-order valence-corrected chi connectivity index (χ2v) is 5.44. The molecular weight excluding hydrogens is 282 g/mol. The van der Waals surface area contributed by atoms with Gasteiger partial charge in [-0.3, -0.25) is 4.79 Å². The van der Waals surface area contributed by atoms with Crippen molar-refractivity contribution in [1.29, 1.82) is 5.26 Å². The molecule has 0 unspecified atom stereocenters. The molecule has 0 radical (unpaired) electrons. The predicted molar refractivity (Wildman–Crippen MR) is 83.7 cm³/mol. The lowest BCUT2D eigenvalue weighted by Crippen LogP contribution is -2.11. The van der Waals surface area contributed by atoms with Crippen molar-refractivity contribution in [2.45, 2.75) is 9.79 Å². The molecule has 0 saturated heterocycles. The molecule has 2 aromatic carbocycles. The van der Waals surface area contributed by atoms with E-state index < -0.39 is 0 Å². The van der Waals surface area contributed by atoms with Gasteiger partial charge in [-0.15, -0.1) is 0 Å². The number of amides is 1. The first kappa shape index (κ1) is 13.3. The van der Waals surface area contributed by atoms with Crippen molar-refractivity contribution in [3.63, 3.8) is 0 Å². The molecule has 0 saturated carbocycles. The highest BCUT2D eigenvalue weighted by atomic mass is 32.2. The Morgan fingerprint density at radius 3 is 2.86 bits per heavy atom. The number of allylic oxidation sites excluding steroid dienone is 1. The Morgan fingerprint density at radius 2 is 2.00 bits per heavy atom. The largest absolute Gasteiger partial charge is 0.352 e. The van der Waals surface area contributed by atoms with E-state index in [1.807, 2.05) is 36.4 Å². The molecule has 0 atom stereocenters. The third-order valence-electron chi connectivity index (χ3n) is 2.96. The van der Waals surface area contributed by atoms with Crippen LogP contribution < -0.4 is 10.6 Å². The summed E-state index contributed by atoms with van der Waals surface area (Å²) in [6.45, 7) is 0. The number of hydrogen-bond acceptors (Lipinski definition) is 4. The van der Waals surface area contributed by atoms with E-state index in [0.29, 0.717) is 5.69 Å². The van der Waals surface area contributed by atoms with E-state index >= 15 is 0 Å². The molecule has 2 aromatic rings. The van der Waals surface area contributed by atoms with Crippen LogP contribution in [0.25, 0.3) is 0 Å². The zero-order chi connectivity index (χ0) is 14.7. The SMILES string of the molecule is N#CC=CC(=O)Nc1cccc2c1Nc1ccccc1S2. The molecular formula is C16H11N3OS. The lowest BCUT2D eigenvalue weighted by atomic mass is 10.2. The summed E-state index contributed by atoms with van der Waals surface area (Å²) in [6, 6.07) is 15.5. The lowest BCUT2D eigenvalue weighted by Gasteiger charge is -2.23. The highest BCUT2D eigenvalue weighted by Crippen LogP contribution is 2.46. The van der Waals surface area contributed by atoms with Gasteiger partial charge >= 0.3 is 0 Å². The first-order chi connectivity index (χ1) is 10.3. The molecule has 1 aliphatic heterocycles. The van der Waals surface area contributed by atoms with Gasteiger partial charge in [0, 0.05) is 21.9 Å². The Labute approximate surface area is 126 Å². The number of para-hydroxylation sites is 2. The first-order valence-corrected chi connectivity index (χ1v) is 7.13. The number of fused-ring (bicyclic) bond motifs is 2. The quantitative estimate of drug-likeness (QED) is 0.555. The van der Waals surface area contributed by atoms with Gasteiger partial charge in [0.15, 0.2) is 0 Å². The van der Waals surface area contributed by atoms with Crippen molar-refractivity contribution in [3.05, 3.63) is 54.6 Å². The second-order valence-electron chi connectivity index (χ2n) is 4.35. The summed E-state index contributed by atoms with van der Waals surface area (Å²) in [5, 5.41) is 14.6. The molecule has 0 aromatic heterocycles. The van der Waals surface area contributed by atoms with Crippen molar-refractivity contribution >= 4 is 34.7 Å². The Hall–Kier alpha value is -2.71. The average Bonchev–Trinajstić information content (AvgIpc) is 2.51. The molecule has 1 heterocycles. The van der Waals surface area contributed by atoms with Gasteiger partial charge in [0.05, 0.1) is 23.1 Å². The van der Waals surface area contributed by atoms with Crippen LogP contribution in [0.3, 0.4) is 0 Å². The van der Waals surface area contributed by atoms with Gasteiger partial charge in [0.1, 0.15) is 0 Å². The third kappa shape index (κ3) is 2.76. The lowest BCUT2D eigenvalue weighted by molar-refractivity contribution is -0.111. The number of nitrogens with zero attached hydrogens (tertiary/aromatic N) is 1. The van der Waals surface area contributed by atoms with Crippen LogP contribution in [0.15, 0.2) is 64.4 Å². The fourth-order valence-corrected chi connectivity index (χ4v) is 3.07. The molecule has 3 rings (SSSR count). The minimum absolute atomic E-state index is 0.324. The van der Waals surface area contributed by atoms with Gasteiger partial charge in [0.25, 0.3) is 0 Å². The van der Waals surface area contributed by atoms with Crippen LogP contribution in [0.5, 0.6) is 0 Å². The number of carbonyl (C=O) groups is 1. The Balaban J connectivity index is 1.91. The van der Waals surface area contributed by atoms with Crippen molar-refractivity contribution in [1.82, 2.24) is 0 Å². The highest BCUT2D eigenvalue weighted by molar-refractivity contribution is 7.99. The summed E-state index contributed by atoms with van der Waals surface area (Å²) in [5.74, 6) is -0.324. The summed E-state index contributed by atoms with van der Waals surface area (Å²) >= 11 is 1.66. The van der Waals surface area contributed by atoms with E-state index in [4.69, 9.17) is 5.26 Å². The molecule has 21 heavy (non-hydrogen) atoms. The fraction of sp³-hybridized carbons (Fsp3) is 0. The zero-order valence-corrected chi connectivity index (χ0v) is 11.8. The van der Waals surface area contributed by atoms with E-state index in [1.54, 1.807) is 17.8 Å². The number of nitrogens with one attached hydrogen (secondary N) is 2. The summed E-state index contributed by atoms with van der Waals surface area (Å²) in [7, 11) is 0. The molecule has 2 N–H and O–H groups in total. The van der Waals surface area contributed by atoms with E-state index in [9.17, 15) is 4.79 Å². The average molecular weight is 293 g/mol. The number of nitriles is 1. The smallest absolute Gasteiger partial charge is 0.249 e. The summed E-state index contributed by atoms with van der Waals surface area (Å²) < 4.78 is 0. The summed E-state index contributed by atoms with van der Waals surface area (Å²) in [6.07, 6.45) is 2.37. The minimum atomic E-state index is -0.324. The van der Waals surface area contributed by atoms with Gasteiger partial charge in [-0.2, -0.15) is 5.26 Å². The van der Waals surface area contributed by atoms with Gasteiger partial charge in [0.2, 0.25) is 5.91 Å². The molecule has 1 aliphatic rings. The van der Waals surface area contributed by atoms with Crippen LogP contribution in [0, 0.1) is 11.3 Å². The molecule has 0 fully saturated rings. The normalized spacial score (nSPS) is 12.0. The van der Waals surface area contributed by atoms with E-state index in [-0.39, 0.29) is 5.91 Å². The van der Waals surface area contributed by atoms with Crippen molar-refractivity contribution in [2.24, 2.45) is 0 Å². The maximum atomic E-state index is 11.7.